The molecule has 0 fully saturated rings. The second-order valence-corrected chi connectivity index (χ2v) is 7.65. The van der Waals surface area contributed by atoms with Gasteiger partial charge < -0.3 is 4.74 Å². The van der Waals surface area contributed by atoms with Gasteiger partial charge in [-0.3, -0.25) is 9.97 Å². The molecule has 3 aromatic heterocycles. The molecule has 0 N–H and O–H groups in total. The molecule has 0 aliphatic carbocycles. The van der Waals surface area contributed by atoms with E-state index in [1.807, 2.05) is 39.0 Å². The topological polar surface area (TPSA) is 57.0 Å². The maximum absolute atomic E-state index is 13.6. The van der Waals surface area contributed by atoms with Gasteiger partial charge in [0.1, 0.15) is 11.4 Å². The Bertz CT molecular complexity index is 1180. The predicted octanol–water partition coefficient (Wildman–Crippen LogP) is 5.69. The van der Waals surface area contributed by atoms with Crippen LogP contribution in [0.4, 0.5) is 9.18 Å². The first-order valence-corrected chi connectivity index (χ1v) is 9.24. The fraction of sp³-hybridized carbons (Fsp3) is 0.174. The van der Waals surface area contributed by atoms with Crippen molar-refractivity contribution in [2.45, 2.75) is 26.4 Å². The number of pyridine rings is 2. The molecule has 3 heterocycles. The van der Waals surface area contributed by atoms with Crippen molar-refractivity contribution in [1.29, 1.82) is 0 Å². The maximum Gasteiger partial charge on any atom is 0.419 e. The van der Waals surface area contributed by atoms with Crippen LogP contribution in [0.2, 0.25) is 0 Å². The molecule has 0 aliphatic rings. The van der Waals surface area contributed by atoms with Crippen molar-refractivity contribution >= 4 is 17.1 Å². The zero-order valence-corrected chi connectivity index (χ0v) is 16.4. The van der Waals surface area contributed by atoms with E-state index < -0.39 is 11.7 Å². The van der Waals surface area contributed by atoms with Crippen molar-refractivity contribution in [2.24, 2.45) is 0 Å². The number of benzene rings is 1. The summed E-state index contributed by atoms with van der Waals surface area (Å²) in [5, 5.41) is 0. The van der Waals surface area contributed by atoms with Crippen LogP contribution in [0.1, 0.15) is 20.8 Å². The molecule has 0 saturated carbocycles. The molecule has 0 atom stereocenters. The summed E-state index contributed by atoms with van der Waals surface area (Å²) in [4.78, 5) is 21.8. The Kier molecular flexibility index (Phi) is 4.62. The zero-order chi connectivity index (χ0) is 20.6. The maximum atomic E-state index is 13.6. The van der Waals surface area contributed by atoms with Gasteiger partial charge in [0.25, 0.3) is 0 Å². The minimum absolute atomic E-state index is 0.331. The van der Waals surface area contributed by atoms with E-state index in [1.165, 1.54) is 16.7 Å². The standard InChI is InChI=1S/C23H20FN3O2/c1-23(2,3)29-22(28)27-18-5-4-12-26-20(18)19(15-6-8-17(24)9-7-15)21(27)16-10-13-25-14-11-16/h4-14H,1-3H3. The molecule has 29 heavy (non-hydrogen) atoms. The van der Waals surface area contributed by atoms with Crippen LogP contribution >= 0.6 is 0 Å². The fourth-order valence-corrected chi connectivity index (χ4v) is 3.28. The monoisotopic (exact) mass is 389 g/mol. The third kappa shape index (κ3) is 3.61. The van der Waals surface area contributed by atoms with Gasteiger partial charge in [0.05, 0.1) is 16.7 Å². The molecule has 0 amide bonds. The van der Waals surface area contributed by atoms with Gasteiger partial charge in [-0.05, 0) is 62.7 Å². The van der Waals surface area contributed by atoms with E-state index in [0.717, 1.165) is 16.7 Å². The number of ether oxygens (including phenoxy) is 1. The van der Waals surface area contributed by atoms with Gasteiger partial charge in [-0.2, -0.15) is 0 Å². The smallest absolute Gasteiger partial charge is 0.419 e. The molecule has 6 heteroatoms. The molecule has 0 bridgehead atoms. The van der Waals surface area contributed by atoms with Crippen LogP contribution in [-0.2, 0) is 4.74 Å². The van der Waals surface area contributed by atoms with Crippen LogP contribution in [0, 0.1) is 5.82 Å². The van der Waals surface area contributed by atoms with Crippen molar-refractivity contribution in [3.63, 3.8) is 0 Å². The average Bonchev–Trinajstić information content (AvgIpc) is 3.03. The van der Waals surface area contributed by atoms with Gasteiger partial charge in [-0.15, -0.1) is 0 Å². The van der Waals surface area contributed by atoms with Gasteiger partial charge in [0, 0.05) is 29.7 Å². The van der Waals surface area contributed by atoms with E-state index in [0.29, 0.717) is 16.7 Å². The number of hydrogen-bond acceptors (Lipinski definition) is 4. The number of aromatic nitrogens is 3. The molecule has 1 aromatic carbocycles. The first kappa shape index (κ1) is 18.8. The number of carbonyl (C=O) groups excluding carboxylic acids is 1. The number of hydrogen-bond donors (Lipinski definition) is 0. The van der Waals surface area contributed by atoms with Crippen LogP contribution in [0.3, 0.4) is 0 Å². The molecule has 146 valence electrons. The van der Waals surface area contributed by atoms with E-state index in [1.54, 1.807) is 36.8 Å². The molecule has 4 rings (SSSR count). The Morgan fingerprint density at radius 3 is 2.31 bits per heavy atom. The summed E-state index contributed by atoms with van der Waals surface area (Å²) in [5.74, 6) is -0.331. The molecule has 5 nitrogen and oxygen atoms in total. The lowest BCUT2D eigenvalue weighted by Crippen LogP contribution is -2.27. The van der Waals surface area contributed by atoms with Crippen molar-refractivity contribution in [1.82, 2.24) is 14.5 Å². The summed E-state index contributed by atoms with van der Waals surface area (Å²) in [7, 11) is 0. The van der Waals surface area contributed by atoms with Gasteiger partial charge in [-0.25, -0.2) is 13.8 Å². The van der Waals surface area contributed by atoms with Gasteiger partial charge in [0.15, 0.2) is 0 Å². The Morgan fingerprint density at radius 1 is 0.966 bits per heavy atom. The Morgan fingerprint density at radius 2 is 1.66 bits per heavy atom. The van der Waals surface area contributed by atoms with Crippen LogP contribution in [0.25, 0.3) is 33.4 Å². The van der Waals surface area contributed by atoms with E-state index >= 15 is 0 Å². The Balaban J connectivity index is 2.09. The summed E-state index contributed by atoms with van der Waals surface area (Å²) in [6.07, 6.45) is 4.49. The van der Waals surface area contributed by atoms with Crippen LogP contribution in [0.5, 0.6) is 0 Å². The van der Waals surface area contributed by atoms with Crippen molar-refractivity contribution in [3.8, 4) is 22.4 Å². The van der Waals surface area contributed by atoms with Crippen molar-refractivity contribution in [3.05, 3.63) is 72.9 Å². The second-order valence-electron chi connectivity index (χ2n) is 7.65. The number of fused-ring (bicyclic) bond motifs is 1. The highest BCUT2D eigenvalue weighted by Gasteiger charge is 2.27. The number of rotatable bonds is 2. The van der Waals surface area contributed by atoms with Crippen LogP contribution in [0.15, 0.2) is 67.1 Å². The normalized spacial score (nSPS) is 11.6. The summed E-state index contributed by atoms with van der Waals surface area (Å²) in [6.45, 7) is 5.46. The lowest BCUT2D eigenvalue weighted by Gasteiger charge is -2.21. The Hall–Kier alpha value is -3.54. The summed E-state index contributed by atoms with van der Waals surface area (Å²) < 4.78 is 20.8. The van der Waals surface area contributed by atoms with E-state index in [4.69, 9.17) is 4.74 Å². The number of nitrogens with zero attached hydrogens (tertiary/aromatic N) is 3. The lowest BCUT2D eigenvalue weighted by molar-refractivity contribution is 0.0547. The highest BCUT2D eigenvalue weighted by atomic mass is 19.1. The van der Waals surface area contributed by atoms with Gasteiger partial charge in [0.2, 0.25) is 0 Å². The van der Waals surface area contributed by atoms with Gasteiger partial charge in [-0.1, -0.05) is 12.1 Å². The lowest BCUT2D eigenvalue weighted by atomic mass is 10.0. The predicted molar refractivity (Wildman–Crippen MR) is 110 cm³/mol. The van der Waals surface area contributed by atoms with Crippen LogP contribution < -0.4 is 0 Å². The minimum Gasteiger partial charge on any atom is -0.443 e. The fourth-order valence-electron chi connectivity index (χ4n) is 3.28. The molecule has 0 saturated heterocycles. The molecule has 0 unspecified atom stereocenters. The highest BCUT2D eigenvalue weighted by Crippen LogP contribution is 2.40. The summed E-state index contributed by atoms with van der Waals surface area (Å²) in [6, 6.07) is 13.4. The molecule has 0 aliphatic heterocycles. The summed E-state index contributed by atoms with van der Waals surface area (Å²) in [5.41, 5.74) is 3.48. The van der Waals surface area contributed by atoms with E-state index in [-0.39, 0.29) is 5.82 Å². The third-order valence-electron chi connectivity index (χ3n) is 4.39. The van der Waals surface area contributed by atoms with Gasteiger partial charge >= 0.3 is 6.09 Å². The third-order valence-corrected chi connectivity index (χ3v) is 4.39. The number of carbonyl (C=O) groups is 1. The first-order chi connectivity index (χ1) is 13.8. The molecule has 0 spiro atoms. The van der Waals surface area contributed by atoms with Crippen molar-refractivity contribution < 1.29 is 13.9 Å². The van der Waals surface area contributed by atoms with E-state index in [9.17, 15) is 9.18 Å². The number of halogens is 1. The Labute approximate surface area is 167 Å². The highest BCUT2D eigenvalue weighted by molar-refractivity contribution is 6.07. The summed E-state index contributed by atoms with van der Waals surface area (Å²) >= 11 is 0. The molecule has 0 radical (unpaired) electrons. The van der Waals surface area contributed by atoms with Crippen LogP contribution in [-0.4, -0.2) is 26.2 Å². The average molecular weight is 389 g/mol. The quantitative estimate of drug-likeness (QED) is 0.442. The largest absolute Gasteiger partial charge is 0.443 e. The minimum atomic E-state index is -0.665. The molecular formula is C23H20FN3O2. The SMILES string of the molecule is CC(C)(C)OC(=O)n1c(-c2ccncc2)c(-c2ccc(F)cc2)c2ncccc21. The molecule has 4 aromatic rings. The van der Waals surface area contributed by atoms with Crippen molar-refractivity contribution in [2.75, 3.05) is 0 Å². The second kappa shape index (κ2) is 7.13. The molecular weight excluding hydrogens is 369 g/mol. The first-order valence-electron chi connectivity index (χ1n) is 9.24. The van der Waals surface area contributed by atoms with E-state index in [2.05, 4.69) is 9.97 Å². The zero-order valence-electron chi connectivity index (χ0n) is 16.4.